The lowest BCUT2D eigenvalue weighted by molar-refractivity contribution is 0.0478. The second kappa shape index (κ2) is 14.5. The van der Waals surface area contributed by atoms with Crippen LogP contribution < -0.4 is 9.47 Å². The molecular formula is C36H48F4O2. The Labute approximate surface area is 249 Å². The molecular weight excluding hydrogens is 540 g/mol. The van der Waals surface area contributed by atoms with Gasteiger partial charge in [0, 0.05) is 11.1 Å². The number of unbranched alkanes of at least 4 members (excludes halogenated alkanes) is 1. The number of benzene rings is 2. The quantitative estimate of drug-likeness (QED) is 0.192. The molecule has 232 valence electrons. The van der Waals surface area contributed by atoms with Crippen molar-refractivity contribution in [2.45, 2.75) is 104 Å². The number of rotatable bonds is 11. The monoisotopic (exact) mass is 588 g/mol. The maximum absolute atomic E-state index is 15.1. The minimum Gasteiger partial charge on any atom is -0.490 e. The Morgan fingerprint density at radius 1 is 0.571 bits per heavy atom. The van der Waals surface area contributed by atoms with E-state index in [0.717, 1.165) is 42.9 Å². The van der Waals surface area contributed by atoms with Crippen molar-refractivity contribution in [1.29, 1.82) is 0 Å². The van der Waals surface area contributed by atoms with E-state index in [-0.39, 0.29) is 29.2 Å². The van der Waals surface area contributed by atoms with Gasteiger partial charge in [0.1, 0.15) is 0 Å². The van der Waals surface area contributed by atoms with Crippen LogP contribution in [0.15, 0.2) is 24.3 Å². The first kappa shape index (κ1) is 31.2. The molecule has 3 fully saturated rings. The Kier molecular flexibility index (Phi) is 10.8. The first-order valence-corrected chi connectivity index (χ1v) is 16.6. The van der Waals surface area contributed by atoms with Crippen molar-refractivity contribution in [3.63, 3.8) is 0 Å². The number of ether oxygens (including phenoxy) is 2. The summed E-state index contributed by atoms with van der Waals surface area (Å²) >= 11 is 0. The predicted molar refractivity (Wildman–Crippen MR) is 160 cm³/mol. The molecule has 0 saturated heterocycles. The fourth-order valence-corrected chi connectivity index (χ4v) is 8.20. The van der Waals surface area contributed by atoms with Crippen LogP contribution in [-0.4, -0.2) is 13.2 Å². The van der Waals surface area contributed by atoms with Gasteiger partial charge >= 0.3 is 0 Å². The van der Waals surface area contributed by atoms with E-state index in [1.54, 1.807) is 0 Å². The maximum atomic E-state index is 15.1. The Hall–Kier alpha value is -2.24. The summed E-state index contributed by atoms with van der Waals surface area (Å²) in [6.45, 7) is 4.86. The molecule has 3 aliphatic carbocycles. The SMILES string of the molecule is CCCCOc1ccc(-c2ccc(OCC3CCC4CC(C5CCC(CCC)CC5)CCC4C3)c(F)c2F)c(F)c1F. The molecule has 3 aliphatic rings. The lowest BCUT2D eigenvalue weighted by Crippen LogP contribution is -2.35. The zero-order chi connectivity index (χ0) is 29.6. The Balaban J connectivity index is 1.14. The minimum atomic E-state index is -1.26. The van der Waals surface area contributed by atoms with Crippen molar-refractivity contribution in [2.24, 2.45) is 35.5 Å². The zero-order valence-corrected chi connectivity index (χ0v) is 25.4. The van der Waals surface area contributed by atoms with Crippen molar-refractivity contribution in [2.75, 3.05) is 13.2 Å². The van der Waals surface area contributed by atoms with Crippen LogP contribution in [0.5, 0.6) is 11.5 Å². The molecule has 42 heavy (non-hydrogen) atoms. The zero-order valence-electron chi connectivity index (χ0n) is 25.4. The molecule has 0 heterocycles. The van der Waals surface area contributed by atoms with Gasteiger partial charge < -0.3 is 9.47 Å². The van der Waals surface area contributed by atoms with Crippen molar-refractivity contribution in [3.05, 3.63) is 47.5 Å². The van der Waals surface area contributed by atoms with E-state index in [9.17, 15) is 8.78 Å². The summed E-state index contributed by atoms with van der Waals surface area (Å²) in [5.74, 6) is -0.697. The Morgan fingerprint density at radius 2 is 1.10 bits per heavy atom. The molecule has 0 radical (unpaired) electrons. The summed E-state index contributed by atoms with van der Waals surface area (Å²) in [5, 5.41) is 0. The third kappa shape index (κ3) is 7.10. The standard InChI is InChI=1S/C36H48F4O2/c1-3-5-19-41-31-17-15-29(33(37)35(31)39)30-16-18-32(36(40)34(30)38)42-22-24-9-12-28-21-27(14-13-26(28)20-24)25-10-7-23(6-4-2)8-11-25/h15-18,23-28H,3-14,19-22H2,1-2H3. The van der Waals surface area contributed by atoms with Gasteiger partial charge in [-0.15, -0.1) is 0 Å². The summed E-state index contributed by atoms with van der Waals surface area (Å²) in [4.78, 5) is 0. The van der Waals surface area contributed by atoms with Gasteiger partial charge in [0.15, 0.2) is 23.1 Å². The predicted octanol–water partition coefficient (Wildman–Crippen LogP) is 10.9. The smallest absolute Gasteiger partial charge is 0.201 e. The van der Waals surface area contributed by atoms with E-state index in [1.165, 1.54) is 88.5 Å². The van der Waals surface area contributed by atoms with Crippen LogP contribution in [0.25, 0.3) is 11.1 Å². The Morgan fingerprint density at radius 3 is 1.71 bits per heavy atom. The highest BCUT2D eigenvalue weighted by atomic mass is 19.2. The van der Waals surface area contributed by atoms with E-state index in [1.807, 2.05) is 6.92 Å². The van der Waals surface area contributed by atoms with E-state index >= 15 is 8.78 Å². The number of halogens is 4. The first-order chi connectivity index (χ1) is 20.4. The summed E-state index contributed by atoms with van der Waals surface area (Å²) in [6.07, 6.45) is 17.3. The lowest BCUT2D eigenvalue weighted by Gasteiger charge is -2.45. The van der Waals surface area contributed by atoms with Crippen LogP contribution >= 0.6 is 0 Å². The van der Waals surface area contributed by atoms with Gasteiger partial charge in [0.05, 0.1) is 13.2 Å². The lowest BCUT2D eigenvalue weighted by atomic mass is 9.61. The van der Waals surface area contributed by atoms with Gasteiger partial charge in [-0.1, -0.05) is 46.0 Å². The van der Waals surface area contributed by atoms with Crippen LogP contribution in [0, 0.1) is 58.8 Å². The topological polar surface area (TPSA) is 18.5 Å². The van der Waals surface area contributed by atoms with Crippen molar-refractivity contribution < 1.29 is 27.0 Å². The molecule has 2 aromatic rings. The highest BCUT2D eigenvalue weighted by Crippen LogP contribution is 2.49. The molecule has 3 saturated carbocycles. The third-order valence-electron chi connectivity index (χ3n) is 10.6. The van der Waals surface area contributed by atoms with Crippen LogP contribution in [0.3, 0.4) is 0 Å². The molecule has 0 amide bonds. The van der Waals surface area contributed by atoms with Gasteiger partial charge in [-0.25, -0.2) is 8.78 Å². The van der Waals surface area contributed by atoms with E-state index in [0.29, 0.717) is 24.9 Å². The second-order valence-corrected chi connectivity index (χ2v) is 13.3. The molecule has 2 nitrogen and oxygen atoms in total. The molecule has 0 spiro atoms. The fraction of sp³-hybridized carbons (Fsp3) is 0.667. The maximum Gasteiger partial charge on any atom is 0.201 e. The van der Waals surface area contributed by atoms with Gasteiger partial charge in [-0.3, -0.25) is 0 Å². The van der Waals surface area contributed by atoms with Gasteiger partial charge in [-0.05, 0) is 118 Å². The summed E-state index contributed by atoms with van der Waals surface area (Å²) in [6, 6.07) is 5.07. The largest absolute Gasteiger partial charge is 0.490 e. The van der Waals surface area contributed by atoms with Crippen molar-refractivity contribution in [3.8, 4) is 22.6 Å². The fourth-order valence-electron chi connectivity index (χ4n) is 8.20. The molecule has 6 heteroatoms. The van der Waals surface area contributed by atoms with Crippen LogP contribution in [0.1, 0.15) is 104 Å². The van der Waals surface area contributed by atoms with E-state index < -0.39 is 23.3 Å². The minimum absolute atomic E-state index is 0.179. The molecule has 0 N–H and O–H groups in total. The molecule has 0 aromatic heterocycles. The molecule has 4 atom stereocenters. The second-order valence-electron chi connectivity index (χ2n) is 13.3. The third-order valence-corrected chi connectivity index (χ3v) is 10.6. The van der Waals surface area contributed by atoms with Gasteiger partial charge in [0.2, 0.25) is 11.6 Å². The van der Waals surface area contributed by atoms with Crippen molar-refractivity contribution >= 4 is 0 Å². The summed E-state index contributed by atoms with van der Waals surface area (Å²) < 4.78 is 70.5. The number of fused-ring (bicyclic) bond motifs is 1. The first-order valence-electron chi connectivity index (χ1n) is 16.6. The average molecular weight is 589 g/mol. The molecule has 0 bridgehead atoms. The van der Waals surface area contributed by atoms with Crippen LogP contribution in [0.2, 0.25) is 0 Å². The van der Waals surface area contributed by atoms with Gasteiger partial charge in [0.25, 0.3) is 0 Å². The van der Waals surface area contributed by atoms with E-state index in [2.05, 4.69) is 6.92 Å². The highest BCUT2D eigenvalue weighted by Gasteiger charge is 2.39. The normalized spacial score (nSPS) is 27.9. The van der Waals surface area contributed by atoms with Crippen LogP contribution in [-0.2, 0) is 0 Å². The number of hydrogen-bond donors (Lipinski definition) is 0. The van der Waals surface area contributed by atoms with E-state index in [4.69, 9.17) is 9.47 Å². The van der Waals surface area contributed by atoms with Crippen molar-refractivity contribution in [1.82, 2.24) is 0 Å². The average Bonchev–Trinajstić information content (AvgIpc) is 3.01. The highest BCUT2D eigenvalue weighted by molar-refractivity contribution is 5.67. The van der Waals surface area contributed by atoms with Gasteiger partial charge in [-0.2, -0.15) is 8.78 Å². The molecule has 4 unspecified atom stereocenters. The molecule has 2 aromatic carbocycles. The summed E-state index contributed by atoms with van der Waals surface area (Å²) in [7, 11) is 0. The Bertz CT molecular complexity index is 1180. The number of hydrogen-bond acceptors (Lipinski definition) is 2. The molecule has 5 rings (SSSR count). The van der Waals surface area contributed by atoms with Crippen LogP contribution in [0.4, 0.5) is 17.6 Å². The molecule has 0 aliphatic heterocycles. The summed E-state index contributed by atoms with van der Waals surface area (Å²) in [5.41, 5.74) is -0.686.